The van der Waals surface area contributed by atoms with Gasteiger partial charge in [-0.1, -0.05) is 229 Å². The average molecular weight is 929 g/mol. The van der Waals surface area contributed by atoms with Gasteiger partial charge in [-0.25, -0.2) is 0 Å². The van der Waals surface area contributed by atoms with Crippen molar-refractivity contribution in [1.82, 2.24) is 0 Å². The number of benzene rings is 9. The van der Waals surface area contributed by atoms with E-state index in [4.69, 9.17) is 19.4 Å². The third-order valence-corrected chi connectivity index (χ3v) is 15.3. The topological polar surface area (TPSA) is 0 Å². The van der Waals surface area contributed by atoms with Crippen LogP contribution in [0.2, 0.25) is 0 Å². The van der Waals surface area contributed by atoms with Crippen LogP contribution in [0.1, 0.15) is 22.3 Å². The van der Waals surface area contributed by atoms with Gasteiger partial charge in [-0.3, -0.25) is 0 Å². The molecule has 5 heteroatoms. The van der Waals surface area contributed by atoms with E-state index in [2.05, 4.69) is 198 Å². The summed E-state index contributed by atoms with van der Waals surface area (Å²) in [5.74, 6) is 0. The van der Waals surface area contributed by atoms with E-state index in [-0.39, 0.29) is 15.1 Å². The Morgan fingerprint density at radius 3 is 0.831 bits per heavy atom. The minimum Gasteiger partial charge on any atom is -0.0623 e. The van der Waals surface area contributed by atoms with Crippen LogP contribution in [-0.2, 0) is 15.1 Å². The number of halogens is 2. The molecular weight excluding hydrogens is 883 g/mol. The molecule has 0 nitrogen and oxygen atoms in total. The fourth-order valence-corrected chi connectivity index (χ4v) is 12.3. The smallest absolute Gasteiger partial charge is 0.0623 e. The molecule has 0 aliphatic carbocycles. The number of hydrogen-bond acceptors (Lipinski definition) is 0. The number of aryl methyl sites for hydroxylation is 4. The average Bonchev–Trinajstić information content (AvgIpc) is 3.27. The van der Waals surface area contributed by atoms with Gasteiger partial charge in [0.25, 0.3) is 0 Å². The van der Waals surface area contributed by atoms with E-state index < -0.39 is 15.8 Å². The zero-order valence-corrected chi connectivity index (χ0v) is 38.7. The Hall–Kier alpha value is -4.44. The summed E-state index contributed by atoms with van der Waals surface area (Å²) in [6, 6.07) is 76.6. The zero-order chi connectivity index (χ0) is 41.1. The Morgan fingerprint density at radius 2 is 0.559 bits per heavy atom. The van der Waals surface area contributed by atoms with Crippen molar-refractivity contribution in [2.75, 3.05) is 0 Å². The van der Waals surface area contributed by atoms with Crippen molar-refractivity contribution in [2.45, 2.75) is 27.7 Å². The van der Waals surface area contributed by atoms with Crippen molar-refractivity contribution in [2.24, 2.45) is 0 Å². The molecule has 59 heavy (non-hydrogen) atoms. The molecule has 0 saturated heterocycles. The van der Waals surface area contributed by atoms with Crippen molar-refractivity contribution in [3.05, 3.63) is 229 Å². The van der Waals surface area contributed by atoms with E-state index in [0.29, 0.717) is 0 Å². The Balaban J connectivity index is 0.000000527. The molecule has 0 aliphatic rings. The van der Waals surface area contributed by atoms with E-state index >= 15 is 0 Å². The van der Waals surface area contributed by atoms with E-state index in [1.54, 1.807) is 0 Å². The molecule has 294 valence electrons. The summed E-state index contributed by atoms with van der Waals surface area (Å²) in [7, 11) is 7.94. The molecule has 0 spiro atoms. The first-order valence-electron chi connectivity index (χ1n) is 19.6. The molecule has 0 saturated carbocycles. The van der Waals surface area contributed by atoms with Gasteiger partial charge >= 0.3 is 34.5 Å². The van der Waals surface area contributed by atoms with Gasteiger partial charge in [0, 0.05) is 0 Å². The fourth-order valence-electron chi connectivity index (χ4n) is 7.43. The van der Waals surface area contributed by atoms with Gasteiger partial charge in [-0.05, 0) is 108 Å². The molecule has 0 N–H and O–H groups in total. The van der Waals surface area contributed by atoms with Crippen LogP contribution >= 0.6 is 35.2 Å². The fraction of sp³-hybridized carbons (Fsp3) is 0.0741. The molecule has 0 heterocycles. The van der Waals surface area contributed by atoms with E-state index in [1.807, 2.05) is 36.4 Å². The van der Waals surface area contributed by atoms with Crippen LogP contribution in [0.3, 0.4) is 0 Å². The van der Waals surface area contributed by atoms with Crippen molar-refractivity contribution in [3.8, 4) is 11.1 Å². The Labute approximate surface area is 368 Å². The summed E-state index contributed by atoms with van der Waals surface area (Å²) in [5.41, 5.74) is 7.84. The second-order valence-electron chi connectivity index (χ2n) is 14.6. The molecule has 9 rings (SSSR count). The minimum absolute atomic E-state index is 0.346. The summed E-state index contributed by atoms with van der Waals surface area (Å²) < 4.78 is 0. The van der Waals surface area contributed by atoms with Crippen LogP contribution in [0.5, 0.6) is 0 Å². The summed E-state index contributed by atoms with van der Waals surface area (Å²) in [4.78, 5) is 0. The molecule has 0 radical (unpaired) electrons. The molecule has 0 aliphatic heterocycles. The van der Waals surface area contributed by atoms with E-state index in [1.165, 1.54) is 86.8 Å². The first-order chi connectivity index (χ1) is 28.9. The number of hydrogen-bond donors (Lipinski definition) is 0. The van der Waals surface area contributed by atoms with Crippen LogP contribution in [0, 0.1) is 27.7 Å². The van der Waals surface area contributed by atoms with Gasteiger partial charge in [-0.15, -0.1) is 0 Å². The van der Waals surface area contributed by atoms with Crippen molar-refractivity contribution in [3.63, 3.8) is 0 Å². The van der Waals surface area contributed by atoms with Gasteiger partial charge in [0.05, 0.1) is 0 Å². The van der Waals surface area contributed by atoms with E-state index in [0.717, 1.165) is 0 Å². The van der Waals surface area contributed by atoms with Crippen LogP contribution in [-0.4, -0.2) is 0 Å². The summed E-state index contributed by atoms with van der Waals surface area (Å²) >= 11 is -0.346. The predicted octanol–water partition coefficient (Wildman–Crippen LogP) is 13.5. The van der Waals surface area contributed by atoms with Crippen LogP contribution in [0.25, 0.3) is 32.7 Å². The minimum atomic E-state index is -0.885. The molecule has 9 aromatic rings. The third kappa shape index (κ3) is 10.3. The quantitative estimate of drug-likeness (QED) is 0.110. The monoisotopic (exact) mass is 928 g/mol. The molecular formula is C54H46Cl2P2Ru. The largest absolute Gasteiger partial charge is 0.0623 e. The van der Waals surface area contributed by atoms with Crippen molar-refractivity contribution < 1.29 is 15.1 Å². The third-order valence-electron chi connectivity index (χ3n) is 10.4. The van der Waals surface area contributed by atoms with Crippen molar-refractivity contribution >= 4 is 88.6 Å². The van der Waals surface area contributed by atoms with Crippen LogP contribution in [0.15, 0.2) is 206 Å². The maximum atomic E-state index is 4.85. The molecule has 0 amide bonds. The van der Waals surface area contributed by atoms with Gasteiger partial charge in [0.1, 0.15) is 0 Å². The SMILES string of the molecule is Cc1ccc(P(c2ccc(C)cc2)c2ccc3ccccc3c2-c2c(P(c3ccc(C)cc3)c3ccc(C)cc3)ccc3ccccc23)cc1.[Cl][Ru][Cl].c1ccccc1. The molecule has 0 fully saturated rings. The Bertz CT molecular complexity index is 2440. The summed E-state index contributed by atoms with van der Waals surface area (Å²) in [6.07, 6.45) is 0. The predicted molar refractivity (Wildman–Crippen MR) is 261 cm³/mol. The molecule has 0 atom stereocenters. The molecule has 0 aromatic heterocycles. The van der Waals surface area contributed by atoms with Gasteiger partial charge in [0.15, 0.2) is 0 Å². The number of fused-ring (bicyclic) bond motifs is 2. The first kappa shape index (κ1) is 42.7. The molecule has 0 unspecified atom stereocenters. The maximum absolute atomic E-state index is 4.85. The second kappa shape index (κ2) is 20.7. The normalized spacial score (nSPS) is 11.0. The van der Waals surface area contributed by atoms with Gasteiger partial charge < -0.3 is 0 Å². The zero-order valence-electron chi connectivity index (χ0n) is 33.6. The van der Waals surface area contributed by atoms with Crippen LogP contribution in [0.4, 0.5) is 0 Å². The van der Waals surface area contributed by atoms with Crippen molar-refractivity contribution in [1.29, 1.82) is 0 Å². The van der Waals surface area contributed by atoms with Gasteiger partial charge in [-0.2, -0.15) is 0 Å². The molecule has 9 aromatic carbocycles. The van der Waals surface area contributed by atoms with E-state index in [9.17, 15) is 0 Å². The van der Waals surface area contributed by atoms with Crippen LogP contribution < -0.4 is 31.8 Å². The first-order valence-corrected chi connectivity index (χ1v) is 26.8. The maximum Gasteiger partial charge on any atom is -0.0623 e. The Kier molecular flexibility index (Phi) is 15.0. The number of rotatable bonds is 7. The summed E-state index contributed by atoms with van der Waals surface area (Å²) in [6.45, 7) is 8.72. The molecule has 0 bridgehead atoms. The summed E-state index contributed by atoms with van der Waals surface area (Å²) in [5, 5.41) is 13.4. The van der Waals surface area contributed by atoms with Gasteiger partial charge in [0.2, 0.25) is 0 Å². The standard InChI is InChI=1S/C48H40P2.C6H6.2ClH.Ru/c1-33-13-23-39(24-14-33)49(40-25-15-34(2)16-26-40)45-31-21-37-9-5-7-11-43(37)47(45)48-44-12-8-6-10-38(44)22-32-46(48)50(41-27-17-35(3)18-28-41)42-29-19-36(4)20-30-42;1-2-4-6-5-3-1;;;/h5-32H,1-4H3;1-6H;2*1H;/q;;;;+2/p-2. The Morgan fingerprint density at radius 1 is 0.305 bits per heavy atom. The second-order valence-corrected chi connectivity index (χ2v) is 21.6.